The number of carbonyl (C=O) groups is 4. The Bertz CT molecular complexity index is 1460. The molecule has 2 aliphatic heterocycles. The molecule has 244 valence electrons. The molecule has 4 rings (SSSR count). The molecule has 2 aromatic carbocycles. The zero-order valence-electron chi connectivity index (χ0n) is 25.0. The van der Waals surface area contributed by atoms with Crippen molar-refractivity contribution in [1.29, 1.82) is 0 Å². The number of rotatable bonds is 5. The Morgan fingerprint density at radius 1 is 0.822 bits per heavy atom. The molecule has 0 bridgehead atoms. The van der Waals surface area contributed by atoms with Gasteiger partial charge in [-0.1, -0.05) is 18.2 Å². The summed E-state index contributed by atoms with van der Waals surface area (Å²) in [6.45, 7) is 5.19. The molecule has 0 spiro atoms. The van der Waals surface area contributed by atoms with E-state index < -0.39 is 77.2 Å². The zero-order chi connectivity index (χ0) is 33.6. The van der Waals surface area contributed by atoms with Gasteiger partial charge in [0.1, 0.15) is 34.9 Å². The number of nitrogens with zero attached hydrogens (tertiary/aromatic N) is 2. The topological polar surface area (TPSA) is 134 Å². The van der Waals surface area contributed by atoms with E-state index in [-0.39, 0.29) is 24.0 Å². The lowest BCUT2D eigenvalue weighted by Crippen LogP contribution is -2.41. The van der Waals surface area contributed by atoms with Gasteiger partial charge in [0.25, 0.3) is 0 Å². The van der Waals surface area contributed by atoms with E-state index in [0.717, 1.165) is 24.3 Å². The first kappa shape index (κ1) is 34.9. The molecule has 2 amide bonds. The van der Waals surface area contributed by atoms with Gasteiger partial charge in [0.05, 0.1) is 25.2 Å². The molecule has 0 aromatic heterocycles. The van der Waals surface area contributed by atoms with Crippen molar-refractivity contribution in [1.82, 2.24) is 9.80 Å². The molecule has 0 radical (unpaired) electrons. The van der Waals surface area contributed by atoms with Gasteiger partial charge in [0, 0.05) is 29.3 Å². The van der Waals surface area contributed by atoms with Crippen LogP contribution in [-0.2, 0) is 19.1 Å². The molecule has 4 atom stereocenters. The Labute approximate surface area is 256 Å². The minimum absolute atomic E-state index is 0.00690. The largest absolute Gasteiger partial charge is 0.480 e. The Kier molecular flexibility index (Phi) is 11.2. The van der Waals surface area contributed by atoms with Crippen LogP contribution in [0.4, 0.5) is 27.2 Å². The molecule has 45 heavy (non-hydrogen) atoms. The van der Waals surface area contributed by atoms with E-state index in [4.69, 9.17) is 14.9 Å². The van der Waals surface area contributed by atoms with Crippen molar-refractivity contribution >= 4 is 24.1 Å². The van der Waals surface area contributed by atoms with Crippen LogP contribution in [0.5, 0.6) is 0 Å². The van der Waals surface area contributed by atoms with Crippen LogP contribution in [0.1, 0.15) is 69.7 Å². The number of benzene rings is 2. The molecule has 2 saturated heterocycles. The molecule has 2 heterocycles. The molecule has 2 N–H and O–H groups in total. The maximum absolute atomic E-state index is 14.3. The van der Waals surface area contributed by atoms with Crippen molar-refractivity contribution in [3.05, 3.63) is 82.9 Å². The number of methoxy groups -OCH3 is 1. The molecule has 10 nitrogen and oxygen atoms in total. The van der Waals surface area contributed by atoms with Crippen LogP contribution < -0.4 is 0 Å². The van der Waals surface area contributed by atoms with Crippen LogP contribution in [0.3, 0.4) is 0 Å². The predicted molar refractivity (Wildman–Crippen MR) is 151 cm³/mol. The first-order chi connectivity index (χ1) is 21.0. The lowest BCUT2D eigenvalue weighted by Gasteiger charge is -2.32. The number of ether oxygens (including phenoxy) is 2. The lowest BCUT2D eigenvalue weighted by molar-refractivity contribution is -0.142. The minimum atomic E-state index is -1.43. The number of aliphatic carboxylic acids is 1. The fraction of sp³-hybridized carbons (Fsp3) is 0.419. The Hall–Kier alpha value is -4.62. The fourth-order valence-corrected chi connectivity index (χ4v) is 5.34. The normalized spacial score (nSPS) is 21.3. The van der Waals surface area contributed by atoms with E-state index >= 15 is 0 Å². The van der Waals surface area contributed by atoms with Gasteiger partial charge in [0.2, 0.25) is 0 Å². The second kappa shape index (κ2) is 14.4. The van der Waals surface area contributed by atoms with Gasteiger partial charge in [-0.3, -0.25) is 9.80 Å². The summed E-state index contributed by atoms with van der Waals surface area (Å²) < 4.78 is 64.0. The third-order valence-corrected chi connectivity index (χ3v) is 7.22. The van der Waals surface area contributed by atoms with Crippen LogP contribution in [-0.4, -0.2) is 68.9 Å². The highest BCUT2D eigenvalue weighted by molar-refractivity contribution is 5.82. The van der Waals surface area contributed by atoms with Gasteiger partial charge in [-0.05, 0) is 58.6 Å². The zero-order valence-corrected chi connectivity index (χ0v) is 25.0. The number of carboxylic acids is 1. The number of carbonyl (C=O) groups excluding carboxylic acids is 2. The average molecular weight is 639 g/mol. The number of carboxylic acid groups (broad SMARTS) is 2. The molecule has 0 saturated carbocycles. The first-order valence-corrected chi connectivity index (χ1v) is 14.0. The Balaban J connectivity index is 0.000000257. The van der Waals surface area contributed by atoms with Gasteiger partial charge in [-0.2, -0.15) is 0 Å². The van der Waals surface area contributed by atoms with Crippen molar-refractivity contribution in [2.45, 2.75) is 76.2 Å². The number of hydrogen-bond donors (Lipinski definition) is 2. The molecular weight excluding hydrogens is 604 g/mol. The van der Waals surface area contributed by atoms with Gasteiger partial charge < -0.3 is 19.7 Å². The summed E-state index contributed by atoms with van der Waals surface area (Å²) in [4.78, 5) is 48.3. The highest BCUT2D eigenvalue weighted by Gasteiger charge is 2.43. The van der Waals surface area contributed by atoms with Crippen LogP contribution >= 0.6 is 0 Å². The van der Waals surface area contributed by atoms with Gasteiger partial charge in [0.15, 0.2) is 0 Å². The van der Waals surface area contributed by atoms with Crippen LogP contribution in [0.2, 0.25) is 0 Å². The molecule has 2 aromatic rings. The number of likely N-dealkylation sites (tertiary alicyclic amines) is 2. The SMILES string of the molecule is COC(=O)/C=C/[C@H]1CC[C@@H](c2ccc(F)cc2F)N1C(=O)OC(C)(C)C.O=C(O)[C@H]1CC[C@@H](c2ccc(F)cc2F)N1C(=O)O. The standard InChI is InChI=1S/C19H23F2NO4.C12H11F2NO4/c1-19(2,3)26-18(24)22-13(7-10-17(23)25-4)6-9-16(22)14-8-5-12(20)11-15(14)21;13-6-1-2-7(8(14)5-6)9-3-4-10(11(16)17)15(9)12(18)19/h5,7-8,10-11,13,16H,6,9H2,1-4H3;1-2,5,9-10H,3-4H2,(H,16,17)(H,18,19)/b10-7+;/t13-,16+;9-,10+/m10/s1. The average Bonchev–Trinajstić information content (AvgIpc) is 3.56. The second-order valence-corrected chi connectivity index (χ2v) is 11.4. The third kappa shape index (κ3) is 8.73. The molecule has 2 aliphatic rings. The summed E-state index contributed by atoms with van der Waals surface area (Å²) in [6.07, 6.45) is 1.96. The van der Waals surface area contributed by atoms with Crippen LogP contribution in [0.15, 0.2) is 48.6 Å². The maximum Gasteiger partial charge on any atom is 0.411 e. The van der Waals surface area contributed by atoms with Crippen LogP contribution in [0.25, 0.3) is 0 Å². The summed E-state index contributed by atoms with van der Waals surface area (Å²) in [7, 11) is 1.25. The lowest BCUT2D eigenvalue weighted by atomic mass is 10.0. The van der Waals surface area contributed by atoms with Crippen molar-refractivity contribution in [2.24, 2.45) is 0 Å². The van der Waals surface area contributed by atoms with Crippen molar-refractivity contribution < 1.29 is 56.4 Å². The first-order valence-electron chi connectivity index (χ1n) is 14.0. The second-order valence-electron chi connectivity index (χ2n) is 11.4. The van der Waals surface area contributed by atoms with E-state index in [1.54, 1.807) is 20.8 Å². The van der Waals surface area contributed by atoms with E-state index in [1.165, 1.54) is 30.2 Å². The highest BCUT2D eigenvalue weighted by atomic mass is 19.1. The number of amides is 2. The van der Waals surface area contributed by atoms with Crippen molar-refractivity contribution in [3.8, 4) is 0 Å². The molecule has 2 fully saturated rings. The van der Waals surface area contributed by atoms with E-state index in [9.17, 15) is 36.7 Å². The van der Waals surface area contributed by atoms with Crippen LogP contribution in [0, 0.1) is 23.3 Å². The van der Waals surface area contributed by atoms with E-state index in [1.807, 2.05) is 0 Å². The Morgan fingerprint density at radius 2 is 1.33 bits per heavy atom. The Morgan fingerprint density at radius 3 is 1.78 bits per heavy atom. The molecule has 0 aliphatic carbocycles. The smallest absolute Gasteiger partial charge is 0.411 e. The molecule has 14 heteroatoms. The van der Waals surface area contributed by atoms with Gasteiger partial charge in [-0.25, -0.2) is 36.7 Å². The molecule has 0 unspecified atom stereocenters. The summed E-state index contributed by atoms with van der Waals surface area (Å²) >= 11 is 0. The minimum Gasteiger partial charge on any atom is -0.480 e. The summed E-state index contributed by atoms with van der Waals surface area (Å²) in [5.41, 5.74) is -0.527. The van der Waals surface area contributed by atoms with Crippen molar-refractivity contribution in [3.63, 3.8) is 0 Å². The highest BCUT2D eigenvalue weighted by Crippen LogP contribution is 2.39. The summed E-state index contributed by atoms with van der Waals surface area (Å²) in [6, 6.07) is 2.93. The fourth-order valence-electron chi connectivity index (χ4n) is 5.34. The third-order valence-electron chi connectivity index (χ3n) is 7.22. The van der Waals surface area contributed by atoms with Gasteiger partial charge >= 0.3 is 24.1 Å². The number of esters is 1. The monoisotopic (exact) mass is 638 g/mol. The van der Waals surface area contributed by atoms with Crippen molar-refractivity contribution in [2.75, 3.05) is 7.11 Å². The maximum atomic E-state index is 14.3. The van der Waals surface area contributed by atoms with Gasteiger partial charge in [-0.15, -0.1) is 0 Å². The molecular formula is C31H34F4N2O8. The number of hydrogen-bond acceptors (Lipinski definition) is 6. The van der Waals surface area contributed by atoms with E-state index in [0.29, 0.717) is 23.8 Å². The summed E-state index contributed by atoms with van der Waals surface area (Å²) in [5, 5.41) is 18.0. The summed E-state index contributed by atoms with van der Waals surface area (Å²) in [5.74, 6) is -4.87. The predicted octanol–water partition coefficient (Wildman–Crippen LogP) is 6.37. The number of halogens is 4. The van der Waals surface area contributed by atoms with E-state index in [2.05, 4.69) is 4.74 Å². The quantitative estimate of drug-likeness (QED) is 0.219.